The van der Waals surface area contributed by atoms with Gasteiger partial charge in [0.05, 0.1) is 17.6 Å². The lowest BCUT2D eigenvalue weighted by atomic mass is 10.3. The van der Waals surface area contributed by atoms with E-state index in [1.54, 1.807) is 6.20 Å². The van der Waals surface area contributed by atoms with Gasteiger partial charge in [-0.2, -0.15) is 5.10 Å². The molecule has 0 aliphatic carbocycles. The quantitative estimate of drug-likeness (QED) is 0.635. The highest BCUT2D eigenvalue weighted by Gasteiger charge is 2.29. The summed E-state index contributed by atoms with van der Waals surface area (Å²) < 4.78 is 22.2. The van der Waals surface area contributed by atoms with Crippen molar-refractivity contribution in [2.45, 2.75) is 11.8 Å². The van der Waals surface area contributed by atoms with Crippen LogP contribution >= 0.6 is 0 Å². The van der Waals surface area contributed by atoms with Crippen LogP contribution in [0.1, 0.15) is 5.69 Å². The maximum absolute atomic E-state index is 11.1. The first-order valence-corrected chi connectivity index (χ1v) is 5.50. The summed E-state index contributed by atoms with van der Waals surface area (Å²) in [6, 6.07) is 0. The molecule has 0 saturated heterocycles. The minimum atomic E-state index is -3.00. The number of nitrogens with zero attached hydrogens (tertiary/aromatic N) is 1. The van der Waals surface area contributed by atoms with Gasteiger partial charge in [0, 0.05) is 12.7 Å². The topological polar surface area (TPSA) is 74.8 Å². The highest BCUT2D eigenvalue weighted by Crippen LogP contribution is 2.24. The van der Waals surface area contributed by atoms with Crippen LogP contribution in [-0.2, 0) is 16.3 Å². The average Bonchev–Trinajstić information content (AvgIpc) is 2.37. The molecular weight excluding hydrogens is 178 g/mol. The number of H-pyrrole nitrogens is 1. The first-order chi connectivity index (χ1) is 5.57. The van der Waals surface area contributed by atoms with E-state index in [1.807, 2.05) is 0 Å². The monoisotopic (exact) mass is 187 g/mol. The molecule has 6 heteroatoms. The van der Waals surface area contributed by atoms with Crippen molar-refractivity contribution in [1.29, 1.82) is 0 Å². The van der Waals surface area contributed by atoms with Crippen molar-refractivity contribution in [3.8, 4) is 0 Å². The smallest absolute Gasteiger partial charge is 0.168 e. The molecule has 1 atom stereocenters. The molecule has 2 rings (SSSR count). The summed E-state index contributed by atoms with van der Waals surface area (Å²) in [7, 11) is -3.00. The van der Waals surface area contributed by atoms with Crippen molar-refractivity contribution in [3.05, 3.63) is 11.9 Å². The van der Waals surface area contributed by atoms with Crippen LogP contribution in [0.2, 0.25) is 0 Å². The molecule has 1 aliphatic rings. The summed E-state index contributed by atoms with van der Waals surface area (Å²) in [5, 5.41) is 8.91. The number of hydrogen-bond acceptors (Lipinski definition) is 4. The lowest BCUT2D eigenvalue weighted by Crippen LogP contribution is -2.26. The summed E-state index contributed by atoms with van der Waals surface area (Å²) in [4.78, 5) is 0. The second kappa shape index (κ2) is 2.22. The molecule has 2 N–H and O–H groups in total. The van der Waals surface area contributed by atoms with Crippen LogP contribution in [0.15, 0.2) is 6.20 Å². The Morgan fingerprint density at radius 3 is 3.00 bits per heavy atom. The Morgan fingerprint density at radius 2 is 2.42 bits per heavy atom. The number of rotatable bonds is 1. The van der Waals surface area contributed by atoms with E-state index in [9.17, 15) is 8.42 Å². The molecule has 12 heavy (non-hydrogen) atoms. The molecule has 1 aromatic rings. The minimum Gasteiger partial charge on any atom is -0.366 e. The third kappa shape index (κ3) is 1.08. The van der Waals surface area contributed by atoms with Gasteiger partial charge in [-0.3, -0.25) is 5.10 Å². The Hall–Kier alpha value is -1.04. The van der Waals surface area contributed by atoms with Crippen LogP contribution < -0.4 is 5.32 Å². The molecule has 0 spiro atoms. The largest absolute Gasteiger partial charge is 0.366 e. The number of anilines is 1. The van der Waals surface area contributed by atoms with Gasteiger partial charge < -0.3 is 5.32 Å². The van der Waals surface area contributed by atoms with E-state index >= 15 is 0 Å². The molecule has 5 nitrogen and oxygen atoms in total. The Morgan fingerprint density at radius 1 is 1.67 bits per heavy atom. The Bertz CT molecular complexity index is 374. The Labute approximate surface area is 70.1 Å². The van der Waals surface area contributed by atoms with Gasteiger partial charge in [-0.25, -0.2) is 8.42 Å². The summed E-state index contributed by atoms with van der Waals surface area (Å²) in [5.74, 6) is 0. The van der Waals surface area contributed by atoms with Gasteiger partial charge in [0.25, 0.3) is 0 Å². The molecule has 0 radical (unpaired) electrons. The van der Waals surface area contributed by atoms with Crippen LogP contribution in [0.3, 0.4) is 0 Å². The molecule has 0 aromatic carbocycles. The standard InChI is InChI=1S/C6H9N3O2S/c1-12(10,11)6-2-4-5(8-6)3-7-9-4/h3,6,8H,2H2,1H3,(H,7,9). The fourth-order valence-corrected chi connectivity index (χ4v) is 2.07. The van der Waals surface area contributed by atoms with Gasteiger partial charge in [0.15, 0.2) is 9.84 Å². The minimum absolute atomic E-state index is 0.480. The zero-order chi connectivity index (χ0) is 8.77. The van der Waals surface area contributed by atoms with Gasteiger partial charge in [-0.05, 0) is 0 Å². The zero-order valence-electron chi connectivity index (χ0n) is 6.53. The van der Waals surface area contributed by atoms with Crippen molar-refractivity contribution in [3.63, 3.8) is 0 Å². The fourth-order valence-electron chi connectivity index (χ4n) is 1.26. The first kappa shape index (κ1) is 7.60. The van der Waals surface area contributed by atoms with E-state index in [1.165, 1.54) is 6.26 Å². The lowest BCUT2D eigenvalue weighted by molar-refractivity contribution is 0.591. The molecule has 0 saturated carbocycles. The number of hydrogen-bond donors (Lipinski definition) is 2. The summed E-state index contributed by atoms with van der Waals surface area (Å²) in [6.07, 6.45) is 3.30. The number of sulfone groups is 1. The van der Waals surface area contributed by atoms with E-state index in [0.29, 0.717) is 6.42 Å². The van der Waals surface area contributed by atoms with E-state index in [-0.39, 0.29) is 0 Å². The molecule has 1 aliphatic heterocycles. The molecule has 2 heterocycles. The van der Waals surface area contributed by atoms with Crippen molar-refractivity contribution in [2.75, 3.05) is 11.6 Å². The molecule has 0 amide bonds. The molecule has 66 valence electrons. The van der Waals surface area contributed by atoms with Gasteiger partial charge >= 0.3 is 0 Å². The SMILES string of the molecule is CS(=O)(=O)C1Cc2[nH]ncc2N1. The van der Waals surface area contributed by atoms with Crippen LogP contribution in [0, 0.1) is 0 Å². The van der Waals surface area contributed by atoms with Crippen molar-refractivity contribution < 1.29 is 8.42 Å². The molecule has 0 fully saturated rings. The second-order valence-corrected chi connectivity index (χ2v) is 5.16. The van der Waals surface area contributed by atoms with Crippen LogP contribution in [0.5, 0.6) is 0 Å². The number of aromatic nitrogens is 2. The predicted molar refractivity (Wildman–Crippen MR) is 44.5 cm³/mol. The Balaban J connectivity index is 2.29. The molecule has 1 unspecified atom stereocenters. The molecule has 1 aromatic heterocycles. The highest BCUT2D eigenvalue weighted by molar-refractivity contribution is 7.91. The van der Waals surface area contributed by atoms with E-state index in [4.69, 9.17) is 0 Å². The Kier molecular flexibility index (Phi) is 1.41. The van der Waals surface area contributed by atoms with Gasteiger partial charge in [-0.1, -0.05) is 0 Å². The lowest BCUT2D eigenvalue weighted by Gasteiger charge is -2.07. The highest BCUT2D eigenvalue weighted by atomic mass is 32.2. The van der Waals surface area contributed by atoms with Crippen molar-refractivity contribution in [1.82, 2.24) is 10.2 Å². The van der Waals surface area contributed by atoms with Gasteiger partial charge in [-0.15, -0.1) is 0 Å². The average molecular weight is 187 g/mol. The third-order valence-electron chi connectivity index (χ3n) is 1.94. The molecular formula is C6H9N3O2S. The van der Waals surface area contributed by atoms with E-state index in [0.717, 1.165) is 11.4 Å². The van der Waals surface area contributed by atoms with Crippen molar-refractivity contribution in [2.24, 2.45) is 0 Å². The maximum atomic E-state index is 11.1. The summed E-state index contributed by atoms with van der Waals surface area (Å²) >= 11 is 0. The maximum Gasteiger partial charge on any atom is 0.168 e. The number of fused-ring (bicyclic) bond motifs is 1. The number of aromatic amines is 1. The zero-order valence-corrected chi connectivity index (χ0v) is 7.35. The number of nitrogens with one attached hydrogen (secondary N) is 2. The van der Waals surface area contributed by atoms with Crippen molar-refractivity contribution >= 4 is 15.5 Å². The van der Waals surface area contributed by atoms with Crippen LogP contribution in [0.25, 0.3) is 0 Å². The first-order valence-electron chi connectivity index (χ1n) is 3.55. The van der Waals surface area contributed by atoms with E-state index in [2.05, 4.69) is 15.5 Å². The van der Waals surface area contributed by atoms with Crippen LogP contribution in [-0.4, -0.2) is 30.2 Å². The third-order valence-corrected chi connectivity index (χ3v) is 3.26. The predicted octanol–water partition coefficient (Wildman–Crippen LogP) is -0.252. The van der Waals surface area contributed by atoms with Gasteiger partial charge in [0.2, 0.25) is 0 Å². The summed E-state index contributed by atoms with van der Waals surface area (Å²) in [5.41, 5.74) is 1.66. The summed E-state index contributed by atoms with van der Waals surface area (Å²) in [6.45, 7) is 0. The van der Waals surface area contributed by atoms with Gasteiger partial charge in [0.1, 0.15) is 5.37 Å². The van der Waals surface area contributed by atoms with Crippen LogP contribution in [0.4, 0.5) is 5.69 Å². The fraction of sp³-hybridized carbons (Fsp3) is 0.500. The molecule has 0 bridgehead atoms. The normalized spacial score (nSPS) is 21.9. The second-order valence-electron chi connectivity index (χ2n) is 2.93. The van der Waals surface area contributed by atoms with E-state index < -0.39 is 15.2 Å².